The van der Waals surface area contributed by atoms with Crippen LogP contribution in [0.1, 0.15) is 56.3 Å². The summed E-state index contributed by atoms with van der Waals surface area (Å²) in [7, 11) is 0. The standard InChI is InChI=1S/C18H27NO2/c1-3-12-19-13-8-7-11-17(19)14-15(2)21-18(20)16-9-5-4-6-10-16/h4-6,9-10,15,17H,3,7-8,11-14H2,1-2H3/t15-,17+/m0/s1. The van der Waals surface area contributed by atoms with Crippen molar-refractivity contribution in [2.45, 2.75) is 58.1 Å². The van der Waals surface area contributed by atoms with Crippen molar-refractivity contribution < 1.29 is 9.53 Å². The fourth-order valence-corrected chi connectivity index (χ4v) is 3.16. The molecule has 2 atom stereocenters. The zero-order valence-corrected chi connectivity index (χ0v) is 13.3. The number of ether oxygens (including phenoxy) is 1. The number of hydrogen-bond acceptors (Lipinski definition) is 3. The van der Waals surface area contributed by atoms with Gasteiger partial charge in [-0.25, -0.2) is 4.79 Å². The summed E-state index contributed by atoms with van der Waals surface area (Å²) in [6.45, 7) is 6.59. The number of hydrogen-bond donors (Lipinski definition) is 0. The van der Waals surface area contributed by atoms with Crippen molar-refractivity contribution in [3.8, 4) is 0 Å². The molecule has 0 aliphatic carbocycles. The van der Waals surface area contributed by atoms with Crippen molar-refractivity contribution in [1.29, 1.82) is 0 Å². The molecule has 0 amide bonds. The molecule has 21 heavy (non-hydrogen) atoms. The summed E-state index contributed by atoms with van der Waals surface area (Å²) in [5.74, 6) is -0.207. The van der Waals surface area contributed by atoms with Crippen LogP contribution in [-0.4, -0.2) is 36.1 Å². The van der Waals surface area contributed by atoms with Gasteiger partial charge in [-0.05, 0) is 57.8 Å². The molecule has 0 radical (unpaired) electrons. The fourth-order valence-electron chi connectivity index (χ4n) is 3.16. The van der Waals surface area contributed by atoms with Gasteiger partial charge in [-0.3, -0.25) is 0 Å². The third-order valence-corrected chi connectivity index (χ3v) is 4.18. The number of carbonyl (C=O) groups is 1. The maximum Gasteiger partial charge on any atom is 0.338 e. The average molecular weight is 289 g/mol. The van der Waals surface area contributed by atoms with Gasteiger partial charge in [0.1, 0.15) is 6.10 Å². The van der Waals surface area contributed by atoms with Gasteiger partial charge in [-0.15, -0.1) is 0 Å². The molecular weight excluding hydrogens is 262 g/mol. The van der Waals surface area contributed by atoms with E-state index in [2.05, 4.69) is 11.8 Å². The van der Waals surface area contributed by atoms with E-state index in [0.717, 1.165) is 13.0 Å². The quantitative estimate of drug-likeness (QED) is 0.744. The van der Waals surface area contributed by atoms with Gasteiger partial charge in [0.25, 0.3) is 0 Å². The van der Waals surface area contributed by atoms with Crippen LogP contribution in [0.25, 0.3) is 0 Å². The Hall–Kier alpha value is -1.35. The van der Waals surface area contributed by atoms with E-state index in [9.17, 15) is 4.79 Å². The highest BCUT2D eigenvalue weighted by molar-refractivity contribution is 5.89. The molecule has 1 aromatic carbocycles. The van der Waals surface area contributed by atoms with Crippen molar-refractivity contribution in [3.63, 3.8) is 0 Å². The van der Waals surface area contributed by atoms with E-state index in [1.54, 1.807) is 12.1 Å². The summed E-state index contributed by atoms with van der Waals surface area (Å²) >= 11 is 0. The number of rotatable bonds is 6. The van der Waals surface area contributed by atoms with Crippen LogP contribution in [0.4, 0.5) is 0 Å². The first-order valence-corrected chi connectivity index (χ1v) is 8.20. The fraction of sp³-hybridized carbons (Fsp3) is 0.611. The normalized spacial score (nSPS) is 21.0. The topological polar surface area (TPSA) is 29.5 Å². The Labute approximate surface area is 128 Å². The van der Waals surface area contributed by atoms with Crippen molar-refractivity contribution in [2.75, 3.05) is 13.1 Å². The number of benzene rings is 1. The Balaban J connectivity index is 1.85. The minimum absolute atomic E-state index is 0.0276. The maximum absolute atomic E-state index is 12.1. The second-order valence-electron chi connectivity index (χ2n) is 6.00. The van der Waals surface area contributed by atoms with E-state index in [-0.39, 0.29) is 12.1 Å². The molecule has 2 rings (SSSR count). The molecule has 1 aromatic rings. The van der Waals surface area contributed by atoms with E-state index in [1.807, 2.05) is 25.1 Å². The Morgan fingerprint density at radius 1 is 1.33 bits per heavy atom. The summed E-state index contributed by atoms with van der Waals surface area (Å²) in [5, 5.41) is 0. The first kappa shape index (κ1) is 16.0. The first-order valence-electron chi connectivity index (χ1n) is 8.20. The molecule has 116 valence electrons. The van der Waals surface area contributed by atoms with Crippen LogP contribution in [0.5, 0.6) is 0 Å². The van der Waals surface area contributed by atoms with Gasteiger partial charge < -0.3 is 9.64 Å². The first-order chi connectivity index (χ1) is 10.2. The van der Waals surface area contributed by atoms with Crippen molar-refractivity contribution >= 4 is 5.97 Å². The lowest BCUT2D eigenvalue weighted by atomic mass is 9.97. The van der Waals surface area contributed by atoms with Gasteiger partial charge in [0.15, 0.2) is 0 Å². The second kappa shape index (κ2) is 8.18. The third kappa shape index (κ3) is 4.85. The zero-order valence-electron chi connectivity index (χ0n) is 13.3. The maximum atomic E-state index is 12.1. The number of piperidine rings is 1. The molecule has 0 saturated carbocycles. The van der Waals surface area contributed by atoms with Crippen LogP contribution in [0.3, 0.4) is 0 Å². The van der Waals surface area contributed by atoms with Crippen LogP contribution in [0.2, 0.25) is 0 Å². The van der Waals surface area contributed by atoms with Crippen molar-refractivity contribution in [1.82, 2.24) is 4.90 Å². The molecule has 3 nitrogen and oxygen atoms in total. The van der Waals surface area contributed by atoms with Crippen LogP contribution < -0.4 is 0 Å². The number of carbonyl (C=O) groups excluding carboxylic acids is 1. The number of likely N-dealkylation sites (tertiary alicyclic amines) is 1. The lowest BCUT2D eigenvalue weighted by Crippen LogP contribution is -2.42. The smallest absolute Gasteiger partial charge is 0.338 e. The van der Waals surface area contributed by atoms with Gasteiger partial charge in [0, 0.05) is 6.04 Å². The predicted molar refractivity (Wildman–Crippen MR) is 85.4 cm³/mol. The van der Waals surface area contributed by atoms with Crippen molar-refractivity contribution in [3.05, 3.63) is 35.9 Å². The molecule has 1 heterocycles. The minimum atomic E-state index is -0.207. The number of nitrogens with zero attached hydrogens (tertiary/aromatic N) is 1. The molecular formula is C18H27NO2. The SMILES string of the molecule is CCCN1CCCC[C@@H]1C[C@H](C)OC(=O)c1ccccc1. The van der Waals surface area contributed by atoms with E-state index < -0.39 is 0 Å². The Kier molecular flexibility index (Phi) is 6.24. The summed E-state index contributed by atoms with van der Waals surface area (Å²) in [4.78, 5) is 14.6. The molecule has 1 fully saturated rings. The second-order valence-corrected chi connectivity index (χ2v) is 6.00. The van der Waals surface area contributed by atoms with E-state index in [1.165, 1.54) is 32.2 Å². The number of esters is 1. The lowest BCUT2D eigenvalue weighted by molar-refractivity contribution is 0.0210. The van der Waals surface area contributed by atoms with E-state index in [4.69, 9.17) is 4.74 Å². The average Bonchev–Trinajstić information content (AvgIpc) is 2.50. The highest BCUT2D eigenvalue weighted by Crippen LogP contribution is 2.22. The summed E-state index contributed by atoms with van der Waals surface area (Å²) in [5.41, 5.74) is 0.637. The Morgan fingerprint density at radius 3 is 2.81 bits per heavy atom. The molecule has 0 aromatic heterocycles. The Bertz CT molecular complexity index is 430. The molecule has 0 bridgehead atoms. The third-order valence-electron chi connectivity index (χ3n) is 4.18. The largest absolute Gasteiger partial charge is 0.459 e. The highest BCUT2D eigenvalue weighted by atomic mass is 16.5. The van der Waals surface area contributed by atoms with Gasteiger partial charge in [0.2, 0.25) is 0 Å². The van der Waals surface area contributed by atoms with Crippen LogP contribution in [-0.2, 0) is 4.74 Å². The van der Waals surface area contributed by atoms with Gasteiger partial charge in [-0.1, -0.05) is 31.5 Å². The monoisotopic (exact) mass is 289 g/mol. The predicted octanol–water partition coefficient (Wildman–Crippen LogP) is 3.89. The molecule has 0 unspecified atom stereocenters. The summed E-state index contributed by atoms with van der Waals surface area (Å²) < 4.78 is 5.60. The molecule has 0 N–H and O–H groups in total. The summed E-state index contributed by atoms with van der Waals surface area (Å²) in [6.07, 6.45) is 5.93. The molecule has 1 aliphatic heterocycles. The Morgan fingerprint density at radius 2 is 2.10 bits per heavy atom. The highest BCUT2D eigenvalue weighted by Gasteiger charge is 2.24. The van der Waals surface area contributed by atoms with E-state index >= 15 is 0 Å². The van der Waals surface area contributed by atoms with Gasteiger partial charge in [-0.2, -0.15) is 0 Å². The zero-order chi connectivity index (χ0) is 15.1. The van der Waals surface area contributed by atoms with E-state index in [0.29, 0.717) is 11.6 Å². The van der Waals surface area contributed by atoms with Gasteiger partial charge in [0.05, 0.1) is 5.56 Å². The van der Waals surface area contributed by atoms with Crippen LogP contribution >= 0.6 is 0 Å². The molecule has 1 saturated heterocycles. The van der Waals surface area contributed by atoms with Crippen molar-refractivity contribution in [2.24, 2.45) is 0 Å². The summed E-state index contributed by atoms with van der Waals surface area (Å²) in [6, 6.07) is 9.82. The lowest BCUT2D eigenvalue weighted by Gasteiger charge is -2.36. The molecule has 0 spiro atoms. The van der Waals surface area contributed by atoms with Gasteiger partial charge >= 0.3 is 5.97 Å². The molecule has 3 heteroatoms. The molecule has 1 aliphatic rings. The minimum Gasteiger partial charge on any atom is -0.459 e. The van der Waals surface area contributed by atoms with Crippen LogP contribution in [0, 0.1) is 0 Å². The van der Waals surface area contributed by atoms with Crippen LogP contribution in [0.15, 0.2) is 30.3 Å².